The number of rotatable bonds is 4. The van der Waals surface area contributed by atoms with Crippen LogP contribution in [-0.2, 0) is 11.8 Å². The lowest BCUT2D eigenvalue weighted by Gasteiger charge is -2.37. The van der Waals surface area contributed by atoms with E-state index in [1.54, 1.807) is 29.9 Å². The van der Waals surface area contributed by atoms with Crippen LogP contribution in [-0.4, -0.2) is 46.0 Å². The second-order valence-corrected chi connectivity index (χ2v) is 9.11. The third kappa shape index (κ3) is 4.49. The van der Waals surface area contributed by atoms with E-state index in [1.807, 2.05) is 56.0 Å². The number of carbonyl (C=O) groups excluding carboxylic acids is 1. The van der Waals surface area contributed by atoms with Crippen LogP contribution < -0.4 is 10.2 Å². The van der Waals surface area contributed by atoms with E-state index in [2.05, 4.69) is 10.4 Å². The molecular weight excluding hydrogens is 445 g/mol. The average molecular weight is 474 g/mol. The maximum absolute atomic E-state index is 15.1. The molecule has 0 aliphatic carbocycles. The molecule has 2 aromatic carbocycles. The molecule has 8 heteroatoms. The van der Waals surface area contributed by atoms with Gasteiger partial charge in [-0.15, -0.1) is 0 Å². The zero-order chi connectivity index (χ0) is 24.7. The number of benzene rings is 2. The molecule has 1 saturated heterocycles. The first-order chi connectivity index (χ1) is 16.8. The third-order valence-electron chi connectivity index (χ3n) is 6.25. The molecule has 4 aromatic rings. The third-order valence-corrected chi connectivity index (χ3v) is 6.25. The fraction of sp³-hybridized carbons (Fsp3) is 0.296. The van der Waals surface area contributed by atoms with Gasteiger partial charge in [0.15, 0.2) is 5.65 Å². The number of hydrogen-bond acceptors (Lipinski definition) is 5. The highest BCUT2D eigenvalue weighted by Gasteiger charge is 2.25. The predicted octanol–water partition coefficient (Wildman–Crippen LogP) is 4.95. The number of fused-ring (bicyclic) bond motifs is 1. The van der Waals surface area contributed by atoms with Crippen molar-refractivity contribution < 1.29 is 13.9 Å². The normalized spacial score (nSPS) is 18.1. The first-order valence-electron chi connectivity index (χ1n) is 11.7. The molecule has 180 valence electrons. The number of nitrogens with one attached hydrogen (secondary N) is 1. The molecule has 7 nitrogen and oxygen atoms in total. The lowest BCUT2D eigenvalue weighted by molar-refractivity contribution is -0.00539. The lowest BCUT2D eigenvalue weighted by atomic mass is 10.0. The molecule has 2 aromatic heterocycles. The minimum Gasteiger partial charge on any atom is -0.372 e. The zero-order valence-corrected chi connectivity index (χ0v) is 20.2. The molecule has 5 rings (SSSR count). The number of anilines is 2. The van der Waals surface area contributed by atoms with Gasteiger partial charge in [0.2, 0.25) is 0 Å². The van der Waals surface area contributed by atoms with Crippen molar-refractivity contribution in [1.82, 2.24) is 14.8 Å². The number of nitrogens with zero attached hydrogens (tertiary/aromatic N) is 4. The highest BCUT2D eigenvalue weighted by molar-refractivity contribution is 6.13. The summed E-state index contributed by atoms with van der Waals surface area (Å²) in [5.41, 5.74) is 4.22. The molecule has 0 saturated carbocycles. The highest BCUT2D eigenvalue weighted by Crippen LogP contribution is 2.29. The van der Waals surface area contributed by atoms with Crippen LogP contribution in [0.3, 0.4) is 0 Å². The zero-order valence-electron chi connectivity index (χ0n) is 20.2. The Morgan fingerprint density at radius 2 is 1.80 bits per heavy atom. The quantitative estimate of drug-likeness (QED) is 0.454. The van der Waals surface area contributed by atoms with Crippen LogP contribution in [0, 0.1) is 12.7 Å². The maximum atomic E-state index is 15.1. The fourth-order valence-electron chi connectivity index (χ4n) is 4.79. The average Bonchev–Trinajstić information content (AvgIpc) is 3.11. The number of aromatic nitrogens is 3. The Balaban J connectivity index is 1.47. The standard InChI is InChI=1S/C27H28FN5O2/c1-16-14-33(15-17(2)35-16)24-11-10-20(12-22(24)28)29-27(34)21-13-23(19-8-6-5-7-9-19)30-26-25(21)18(3)31-32(26)4/h5-13,16-17H,14-15H2,1-4H3,(H,29,34). The number of morpholine rings is 1. The summed E-state index contributed by atoms with van der Waals surface area (Å²) in [5, 5.41) is 8.01. The molecule has 3 heterocycles. The minimum absolute atomic E-state index is 0.0214. The molecule has 1 amide bonds. The van der Waals surface area contributed by atoms with Crippen LogP contribution in [0.4, 0.5) is 15.8 Å². The van der Waals surface area contributed by atoms with Gasteiger partial charge in [0.1, 0.15) is 5.82 Å². The van der Waals surface area contributed by atoms with E-state index in [4.69, 9.17) is 9.72 Å². The number of aryl methyl sites for hydroxylation is 2. The van der Waals surface area contributed by atoms with Crippen molar-refractivity contribution in [3.63, 3.8) is 0 Å². The SMILES string of the molecule is Cc1nn(C)c2nc(-c3ccccc3)cc(C(=O)Nc3ccc(N4CC(C)OC(C)C4)c(F)c3)c12. The van der Waals surface area contributed by atoms with Crippen molar-refractivity contribution in [3.8, 4) is 11.3 Å². The van der Waals surface area contributed by atoms with Crippen molar-refractivity contribution in [2.75, 3.05) is 23.3 Å². The van der Waals surface area contributed by atoms with Crippen LogP contribution in [0.25, 0.3) is 22.3 Å². The second kappa shape index (κ2) is 9.11. The Labute approximate surface area is 203 Å². The number of hydrogen-bond donors (Lipinski definition) is 1. The fourth-order valence-corrected chi connectivity index (χ4v) is 4.79. The molecular formula is C27H28FN5O2. The van der Waals surface area contributed by atoms with E-state index < -0.39 is 0 Å². The summed E-state index contributed by atoms with van der Waals surface area (Å²) in [6.45, 7) is 7.04. The van der Waals surface area contributed by atoms with Gasteiger partial charge < -0.3 is 15.0 Å². The van der Waals surface area contributed by atoms with E-state index in [9.17, 15) is 4.79 Å². The van der Waals surface area contributed by atoms with Crippen LogP contribution in [0.15, 0.2) is 54.6 Å². The maximum Gasteiger partial charge on any atom is 0.256 e. The number of pyridine rings is 1. The van der Waals surface area contributed by atoms with Gasteiger partial charge in [0.05, 0.1) is 40.2 Å². The van der Waals surface area contributed by atoms with Crippen LogP contribution in [0.1, 0.15) is 29.9 Å². The number of ether oxygens (including phenoxy) is 1. The van der Waals surface area contributed by atoms with Crippen molar-refractivity contribution in [2.24, 2.45) is 7.05 Å². The molecule has 1 aliphatic rings. The molecule has 2 unspecified atom stereocenters. The van der Waals surface area contributed by atoms with Crippen LogP contribution in [0.5, 0.6) is 0 Å². The largest absolute Gasteiger partial charge is 0.372 e. The summed E-state index contributed by atoms with van der Waals surface area (Å²) in [6.07, 6.45) is 0.0429. The first kappa shape index (κ1) is 23.0. The van der Waals surface area contributed by atoms with Crippen LogP contribution in [0.2, 0.25) is 0 Å². The number of amides is 1. The Kier molecular flexibility index (Phi) is 5.98. The Hall–Kier alpha value is -3.78. The lowest BCUT2D eigenvalue weighted by Crippen LogP contribution is -2.45. The van der Waals surface area contributed by atoms with Gasteiger partial charge in [0, 0.05) is 31.4 Å². The summed E-state index contributed by atoms with van der Waals surface area (Å²) in [4.78, 5) is 20.2. The van der Waals surface area contributed by atoms with E-state index in [1.165, 1.54) is 6.07 Å². The summed E-state index contributed by atoms with van der Waals surface area (Å²) < 4.78 is 22.5. The van der Waals surface area contributed by atoms with E-state index in [0.29, 0.717) is 52.4 Å². The summed E-state index contributed by atoms with van der Waals surface area (Å²) in [5.74, 6) is -0.724. The topological polar surface area (TPSA) is 72.3 Å². The summed E-state index contributed by atoms with van der Waals surface area (Å²) in [7, 11) is 1.81. The summed E-state index contributed by atoms with van der Waals surface area (Å²) >= 11 is 0. The van der Waals surface area contributed by atoms with Gasteiger partial charge in [-0.1, -0.05) is 30.3 Å². The molecule has 35 heavy (non-hydrogen) atoms. The van der Waals surface area contributed by atoms with E-state index >= 15 is 4.39 Å². The van der Waals surface area contributed by atoms with Gasteiger partial charge in [-0.3, -0.25) is 9.48 Å². The van der Waals surface area contributed by atoms with Crippen molar-refractivity contribution >= 4 is 28.3 Å². The Bertz CT molecular complexity index is 1390. The van der Waals surface area contributed by atoms with Gasteiger partial charge in [0.25, 0.3) is 5.91 Å². The smallest absolute Gasteiger partial charge is 0.256 e. The molecule has 0 spiro atoms. The van der Waals surface area contributed by atoms with Gasteiger partial charge >= 0.3 is 0 Å². The Morgan fingerprint density at radius 3 is 2.49 bits per heavy atom. The highest BCUT2D eigenvalue weighted by atomic mass is 19.1. The van der Waals surface area contributed by atoms with Crippen molar-refractivity contribution in [2.45, 2.75) is 33.0 Å². The molecule has 0 radical (unpaired) electrons. The van der Waals surface area contributed by atoms with Gasteiger partial charge in [-0.05, 0) is 45.0 Å². The number of carbonyl (C=O) groups is 1. The molecule has 0 bridgehead atoms. The van der Waals surface area contributed by atoms with Crippen molar-refractivity contribution in [1.29, 1.82) is 0 Å². The summed E-state index contributed by atoms with van der Waals surface area (Å²) in [6, 6.07) is 16.2. The van der Waals surface area contributed by atoms with E-state index in [0.717, 1.165) is 5.56 Å². The molecule has 2 atom stereocenters. The molecule has 1 fully saturated rings. The first-order valence-corrected chi connectivity index (χ1v) is 11.7. The Morgan fingerprint density at radius 1 is 1.09 bits per heavy atom. The van der Waals surface area contributed by atoms with Gasteiger partial charge in [-0.2, -0.15) is 5.10 Å². The second-order valence-electron chi connectivity index (χ2n) is 9.11. The number of halogens is 1. The van der Waals surface area contributed by atoms with Crippen molar-refractivity contribution in [3.05, 3.63) is 71.7 Å². The van der Waals surface area contributed by atoms with E-state index in [-0.39, 0.29) is 23.9 Å². The molecule has 1 N–H and O–H groups in total. The van der Waals surface area contributed by atoms with Crippen LogP contribution >= 0.6 is 0 Å². The predicted molar refractivity (Wildman–Crippen MR) is 135 cm³/mol. The monoisotopic (exact) mass is 473 g/mol. The van der Waals surface area contributed by atoms with Gasteiger partial charge in [-0.25, -0.2) is 9.37 Å². The minimum atomic E-state index is -0.383. The molecule has 1 aliphatic heterocycles.